The second-order valence-corrected chi connectivity index (χ2v) is 8.23. The van der Waals surface area contributed by atoms with Crippen molar-refractivity contribution in [3.8, 4) is 0 Å². The van der Waals surface area contributed by atoms with Gasteiger partial charge >= 0.3 is 5.97 Å². The number of rotatable bonds is 9. The Kier molecular flexibility index (Phi) is 7.92. The lowest BCUT2D eigenvalue weighted by Crippen LogP contribution is -2.30. The van der Waals surface area contributed by atoms with Gasteiger partial charge in [0.2, 0.25) is 10.0 Å². The first-order chi connectivity index (χ1) is 13.8. The van der Waals surface area contributed by atoms with E-state index in [-0.39, 0.29) is 4.90 Å². The van der Waals surface area contributed by atoms with E-state index in [1.165, 1.54) is 28.6 Å². The summed E-state index contributed by atoms with van der Waals surface area (Å²) in [5.41, 5.74) is 1.89. The van der Waals surface area contributed by atoms with Crippen LogP contribution in [0.5, 0.6) is 0 Å². The molecule has 156 valence electrons. The van der Waals surface area contributed by atoms with Crippen LogP contribution in [0.25, 0.3) is 0 Å². The van der Waals surface area contributed by atoms with Crippen LogP contribution in [0.2, 0.25) is 0 Å². The Hall–Kier alpha value is -2.71. The smallest absolute Gasteiger partial charge is 0.338 e. The summed E-state index contributed by atoms with van der Waals surface area (Å²) in [7, 11) is -3.55. The molecular weight excluding hydrogens is 392 g/mol. The molecule has 0 radical (unpaired) electrons. The van der Waals surface area contributed by atoms with E-state index in [1.54, 1.807) is 26.0 Å². The molecule has 0 unspecified atom stereocenters. The van der Waals surface area contributed by atoms with Crippen LogP contribution in [0.4, 0.5) is 5.69 Å². The van der Waals surface area contributed by atoms with Gasteiger partial charge < -0.3 is 10.1 Å². The van der Waals surface area contributed by atoms with Gasteiger partial charge in [-0.25, -0.2) is 13.2 Å². The molecule has 1 N–H and O–H groups in total. The minimum Gasteiger partial charge on any atom is -0.452 e. The maximum atomic E-state index is 12.5. The fourth-order valence-corrected chi connectivity index (χ4v) is 4.17. The van der Waals surface area contributed by atoms with Gasteiger partial charge in [0.1, 0.15) is 0 Å². The zero-order valence-electron chi connectivity index (χ0n) is 16.8. The van der Waals surface area contributed by atoms with E-state index in [1.807, 2.05) is 19.1 Å². The number of benzene rings is 2. The van der Waals surface area contributed by atoms with Crippen LogP contribution in [0, 0.1) is 0 Å². The number of hydrogen-bond acceptors (Lipinski definition) is 5. The van der Waals surface area contributed by atoms with Crippen molar-refractivity contribution >= 4 is 27.6 Å². The van der Waals surface area contributed by atoms with Crippen LogP contribution >= 0.6 is 0 Å². The van der Waals surface area contributed by atoms with Gasteiger partial charge in [-0.15, -0.1) is 0 Å². The number of anilines is 1. The monoisotopic (exact) mass is 418 g/mol. The van der Waals surface area contributed by atoms with Crippen molar-refractivity contribution < 1.29 is 22.7 Å². The molecule has 0 aliphatic heterocycles. The predicted molar refractivity (Wildman–Crippen MR) is 111 cm³/mol. The largest absolute Gasteiger partial charge is 0.452 e. The highest BCUT2D eigenvalue weighted by Gasteiger charge is 2.21. The molecule has 0 aromatic heterocycles. The number of amides is 1. The first-order valence-electron chi connectivity index (χ1n) is 9.47. The average Bonchev–Trinajstić information content (AvgIpc) is 2.73. The minimum atomic E-state index is -3.55. The van der Waals surface area contributed by atoms with Gasteiger partial charge in [0.05, 0.1) is 10.5 Å². The third-order valence-corrected chi connectivity index (χ3v) is 6.48. The maximum Gasteiger partial charge on any atom is 0.338 e. The molecule has 8 heteroatoms. The highest BCUT2D eigenvalue weighted by molar-refractivity contribution is 7.89. The summed E-state index contributed by atoms with van der Waals surface area (Å²) in [6, 6.07) is 12.9. The van der Waals surface area contributed by atoms with E-state index in [9.17, 15) is 18.0 Å². The Morgan fingerprint density at radius 3 is 2.03 bits per heavy atom. The van der Waals surface area contributed by atoms with Gasteiger partial charge in [0.15, 0.2) is 6.61 Å². The lowest BCUT2D eigenvalue weighted by atomic mass is 10.1. The van der Waals surface area contributed by atoms with E-state index >= 15 is 0 Å². The molecule has 0 aliphatic rings. The highest BCUT2D eigenvalue weighted by atomic mass is 32.2. The topological polar surface area (TPSA) is 92.8 Å². The van der Waals surface area contributed by atoms with Gasteiger partial charge in [-0.05, 0) is 48.4 Å². The molecule has 2 aromatic carbocycles. The summed E-state index contributed by atoms with van der Waals surface area (Å²) in [5, 5.41) is 2.58. The standard InChI is InChI=1S/C21H26N2O5S/c1-4-16-7-9-17(10-8-16)21(25)28-15-20(24)22-18-11-13-19(14-12-18)29(26,27)23(5-2)6-3/h7-14H,4-6,15H2,1-3H3,(H,22,24). The number of carbonyl (C=O) groups is 2. The molecule has 0 fully saturated rings. The quantitative estimate of drug-likeness (QED) is 0.632. The zero-order chi connectivity index (χ0) is 21.4. The second-order valence-electron chi connectivity index (χ2n) is 6.29. The Labute approximate surface area is 171 Å². The van der Waals surface area contributed by atoms with Gasteiger partial charge in [-0.2, -0.15) is 4.31 Å². The van der Waals surface area contributed by atoms with Gasteiger partial charge in [-0.1, -0.05) is 32.9 Å². The predicted octanol–water partition coefficient (Wildman–Crippen LogP) is 3.08. The molecule has 0 bridgehead atoms. The van der Waals surface area contributed by atoms with Gasteiger partial charge in [0, 0.05) is 18.8 Å². The van der Waals surface area contributed by atoms with E-state index < -0.39 is 28.5 Å². The first kappa shape index (κ1) is 22.6. The summed E-state index contributed by atoms with van der Waals surface area (Å²) >= 11 is 0. The summed E-state index contributed by atoms with van der Waals surface area (Å²) in [6.45, 7) is 5.88. The van der Waals surface area contributed by atoms with Crippen molar-refractivity contribution in [3.05, 3.63) is 59.7 Å². The summed E-state index contributed by atoms with van der Waals surface area (Å²) in [5.74, 6) is -1.09. The molecule has 29 heavy (non-hydrogen) atoms. The number of hydrogen-bond donors (Lipinski definition) is 1. The van der Waals surface area contributed by atoms with Crippen LogP contribution in [0.3, 0.4) is 0 Å². The first-order valence-corrected chi connectivity index (χ1v) is 10.9. The fraction of sp³-hybridized carbons (Fsp3) is 0.333. The number of nitrogens with zero attached hydrogens (tertiary/aromatic N) is 1. The van der Waals surface area contributed by atoms with Crippen molar-refractivity contribution in [3.63, 3.8) is 0 Å². The van der Waals surface area contributed by atoms with Gasteiger partial charge in [-0.3, -0.25) is 4.79 Å². The van der Waals surface area contributed by atoms with Gasteiger partial charge in [0.25, 0.3) is 5.91 Å². The number of carbonyl (C=O) groups excluding carboxylic acids is 2. The highest BCUT2D eigenvalue weighted by Crippen LogP contribution is 2.18. The molecule has 2 aromatic rings. The summed E-state index contributed by atoms with van der Waals surface area (Å²) in [4.78, 5) is 24.2. The molecule has 0 saturated heterocycles. The van der Waals surface area contributed by atoms with Crippen molar-refractivity contribution in [2.75, 3.05) is 25.0 Å². The van der Waals surface area contributed by atoms with E-state index in [4.69, 9.17) is 4.74 Å². The minimum absolute atomic E-state index is 0.154. The van der Waals surface area contributed by atoms with Crippen molar-refractivity contribution in [2.45, 2.75) is 32.1 Å². The Morgan fingerprint density at radius 2 is 1.52 bits per heavy atom. The molecule has 0 atom stereocenters. The van der Waals surface area contributed by atoms with Crippen molar-refractivity contribution in [1.82, 2.24) is 4.31 Å². The Balaban J connectivity index is 1.92. The molecule has 0 heterocycles. The van der Waals surface area contributed by atoms with Crippen molar-refractivity contribution in [2.24, 2.45) is 0 Å². The lowest BCUT2D eigenvalue weighted by Gasteiger charge is -2.18. The van der Waals surface area contributed by atoms with E-state index in [2.05, 4.69) is 5.32 Å². The molecule has 7 nitrogen and oxygen atoms in total. The van der Waals surface area contributed by atoms with Crippen LogP contribution in [0.1, 0.15) is 36.7 Å². The molecular formula is C21H26N2O5S. The molecule has 0 spiro atoms. The average molecular weight is 419 g/mol. The zero-order valence-corrected chi connectivity index (χ0v) is 17.7. The SMILES string of the molecule is CCc1ccc(C(=O)OCC(=O)Nc2ccc(S(=O)(=O)N(CC)CC)cc2)cc1. The van der Waals surface area contributed by atoms with Crippen molar-refractivity contribution in [1.29, 1.82) is 0 Å². The lowest BCUT2D eigenvalue weighted by molar-refractivity contribution is -0.119. The fourth-order valence-electron chi connectivity index (χ4n) is 2.71. The van der Waals surface area contributed by atoms with E-state index in [0.29, 0.717) is 24.3 Å². The molecule has 1 amide bonds. The molecule has 0 aliphatic carbocycles. The molecule has 2 rings (SSSR count). The number of sulfonamides is 1. The third kappa shape index (κ3) is 5.88. The number of nitrogens with one attached hydrogen (secondary N) is 1. The second kappa shape index (κ2) is 10.2. The maximum absolute atomic E-state index is 12.5. The van der Waals surface area contributed by atoms with E-state index in [0.717, 1.165) is 12.0 Å². The van der Waals surface area contributed by atoms with Crippen LogP contribution in [0.15, 0.2) is 53.4 Å². The van der Waals surface area contributed by atoms with Crippen LogP contribution in [-0.2, 0) is 26.0 Å². The molecule has 0 saturated carbocycles. The third-order valence-electron chi connectivity index (χ3n) is 4.41. The summed E-state index contributed by atoms with van der Waals surface area (Å²) in [6.07, 6.45) is 0.868. The number of ether oxygens (including phenoxy) is 1. The normalized spacial score (nSPS) is 11.3. The summed E-state index contributed by atoms with van der Waals surface area (Å²) < 4.78 is 31.3. The van der Waals surface area contributed by atoms with Crippen LogP contribution in [-0.4, -0.2) is 44.3 Å². The Morgan fingerprint density at radius 1 is 0.931 bits per heavy atom. The number of esters is 1. The van der Waals surface area contributed by atoms with Crippen LogP contribution < -0.4 is 5.32 Å². The Bertz CT molecular complexity index is 934. The number of aryl methyl sites for hydroxylation is 1.